The van der Waals surface area contributed by atoms with Crippen LogP contribution >= 0.6 is 0 Å². The van der Waals surface area contributed by atoms with Gasteiger partial charge in [0.25, 0.3) is 0 Å². The minimum atomic E-state index is -0.310. The fraction of sp³-hybridized carbons (Fsp3) is 0.917. The third-order valence-corrected chi connectivity index (χ3v) is 3.98. The summed E-state index contributed by atoms with van der Waals surface area (Å²) in [4.78, 5) is 16.6. The van der Waals surface area contributed by atoms with Gasteiger partial charge in [-0.1, -0.05) is 6.92 Å². The lowest BCUT2D eigenvalue weighted by atomic mass is 10.1. The van der Waals surface area contributed by atoms with E-state index in [1.165, 1.54) is 19.4 Å². The number of piperazine rings is 1. The number of rotatable bonds is 2. The zero-order valence-corrected chi connectivity index (χ0v) is 10.4. The van der Waals surface area contributed by atoms with Crippen molar-refractivity contribution >= 4 is 5.91 Å². The Morgan fingerprint density at radius 3 is 2.94 bits per heavy atom. The minimum Gasteiger partial charge on any atom is -0.336 e. The second kappa shape index (κ2) is 4.72. The molecule has 0 aromatic carbocycles. The maximum Gasteiger partial charge on any atom is 0.239 e. The van der Waals surface area contributed by atoms with Crippen LogP contribution < -0.4 is 5.73 Å². The average Bonchev–Trinajstić information content (AvgIpc) is 2.72. The number of fused-ring (bicyclic) bond motifs is 1. The van der Waals surface area contributed by atoms with Crippen LogP contribution in [0.2, 0.25) is 0 Å². The fourth-order valence-corrected chi connectivity index (χ4v) is 2.88. The number of hydrogen-bond donors (Lipinski definition) is 1. The first-order chi connectivity index (χ1) is 7.63. The molecule has 1 amide bonds. The Hall–Kier alpha value is -0.610. The van der Waals surface area contributed by atoms with Crippen LogP contribution in [0.3, 0.4) is 0 Å². The fourth-order valence-electron chi connectivity index (χ4n) is 2.88. The topological polar surface area (TPSA) is 49.6 Å². The highest BCUT2D eigenvalue weighted by molar-refractivity contribution is 5.82. The second-order valence-corrected chi connectivity index (χ2v) is 5.15. The molecule has 0 aromatic heterocycles. The van der Waals surface area contributed by atoms with E-state index in [2.05, 4.69) is 11.8 Å². The molecule has 92 valence electrons. The van der Waals surface area contributed by atoms with E-state index in [1.807, 2.05) is 11.8 Å². The standard InChI is InChI=1S/C12H23N3O/c1-3-11(13)12(16)15-8-10-5-4-6-14(10)7-9(15)2/h9-11H,3-8,13H2,1-2H3/t9?,10?,11-/m1/s1. The van der Waals surface area contributed by atoms with E-state index >= 15 is 0 Å². The van der Waals surface area contributed by atoms with E-state index in [1.54, 1.807) is 0 Å². The van der Waals surface area contributed by atoms with Gasteiger partial charge in [0.1, 0.15) is 0 Å². The number of hydrogen-bond acceptors (Lipinski definition) is 3. The van der Waals surface area contributed by atoms with Gasteiger partial charge in [-0.05, 0) is 32.7 Å². The van der Waals surface area contributed by atoms with Gasteiger partial charge in [-0.25, -0.2) is 0 Å². The van der Waals surface area contributed by atoms with Crippen molar-refractivity contribution in [2.75, 3.05) is 19.6 Å². The molecule has 2 aliphatic heterocycles. The van der Waals surface area contributed by atoms with Crippen LogP contribution in [0.25, 0.3) is 0 Å². The molecule has 2 saturated heterocycles. The Balaban J connectivity index is 2.02. The van der Waals surface area contributed by atoms with Gasteiger partial charge in [-0.15, -0.1) is 0 Å². The highest BCUT2D eigenvalue weighted by atomic mass is 16.2. The molecule has 0 aliphatic carbocycles. The zero-order valence-electron chi connectivity index (χ0n) is 10.4. The smallest absolute Gasteiger partial charge is 0.239 e. The van der Waals surface area contributed by atoms with Gasteiger partial charge in [0, 0.05) is 25.2 Å². The maximum atomic E-state index is 12.1. The van der Waals surface area contributed by atoms with Crippen molar-refractivity contribution in [1.82, 2.24) is 9.80 Å². The highest BCUT2D eigenvalue weighted by Crippen LogP contribution is 2.24. The molecule has 0 saturated carbocycles. The second-order valence-electron chi connectivity index (χ2n) is 5.15. The zero-order chi connectivity index (χ0) is 11.7. The van der Waals surface area contributed by atoms with Crippen LogP contribution in [0.5, 0.6) is 0 Å². The first kappa shape index (κ1) is 11.9. The Kier molecular flexibility index (Phi) is 3.50. The van der Waals surface area contributed by atoms with Gasteiger partial charge in [-0.2, -0.15) is 0 Å². The number of nitrogens with two attached hydrogens (primary N) is 1. The van der Waals surface area contributed by atoms with Gasteiger partial charge in [0.05, 0.1) is 6.04 Å². The largest absolute Gasteiger partial charge is 0.336 e. The molecule has 0 spiro atoms. The third-order valence-electron chi connectivity index (χ3n) is 3.98. The van der Waals surface area contributed by atoms with E-state index < -0.39 is 0 Å². The van der Waals surface area contributed by atoms with Gasteiger partial charge < -0.3 is 10.6 Å². The van der Waals surface area contributed by atoms with Crippen molar-refractivity contribution in [1.29, 1.82) is 0 Å². The van der Waals surface area contributed by atoms with Gasteiger partial charge in [0.15, 0.2) is 0 Å². The Morgan fingerprint density at radius 2 is 2.25 bits per heavy atom. The summed E-state index contributed by atoms with van der Waals surface area (Å²) in [5, 5.41) is 0. The first-order valence-electron chi connectivity index (χ1n) is 6.43. The monoisotopic (exact) mass is 225 g/mol. The van der Waals surface area contributed by atoms with Crippen molar-refractivity contribution in [2.45, 2.75) is 51.2 Å². The molecule has 4 heteroatoms. The summed E-state index contributed by atoms with van der Waals surface area (Å²) in [5.74, 6) is 0.140. The van der Waals surface area contributed by atoms with Crippen molar-refractivity contribution in [3.63, 3.8) is 0 Å². The van der Waals surface area contributed by atoms with Crippen LogP contribution in [0.1, 0.15) is 33.1 Å². The molecule has 2 aliphatic rings. The summed E-state index contributed by atoms with van der Waals surface area (Å²) in [5.41, 5.74) is 5.84. The van der Waals surface area contributed by atoms with Crippen LogP contribution in [0.4, 0.5) is 0 Å². The molecule has 2 rings (SSSR count). The molecule has 2 N–H and O–H groups in total. The lowest BCUT2D eigenvalue weighted by molar-refractivity contribution is -0.138. The molecule has 3 atom stereocenters. The Labute approximate surface area is 97.8 Å². The summed E-state index contributed by atoms with van der Waals surface area (Å²) in [7, 11) is 0. The summed E-state index contributed by atoms with van der Waals surface area (Å²) in [6, 6.07) is 0.596. The molecular formula is C12H23N3O. The molecule has 0 radical (unpaired) electrons. The van der Waals surface area contributed by atoms with Crippen molar-refractivity contribution in [3.8, 4) is 0 Å². The molecule has 2 fully saturated rings. The predicted octanol–water partition coefficient (Wildman–Crippen LogP) is 0.419. The van der Waals surface area contributed by atoms with E-state index in [4.69, 9.17) is 5.73 Å². The maximum absolute atomic E-state index is 12.1. The number of nitrogens with zero attached hydrogens (tertiary/aromatic N) is 2. The Morgan fingerprint density at radius 1 is 1.50 bits per heavy atom. The molecule has 2 heterocycles. The van der Waals surface area contributed by atoms with Crippen LogP contribution in [0.15, 0.2) is 0 Å². The van der Waals surface area contributed by atoms with Gasteiger partial charge >= 0.3 is 0 Å². The van der Waals surface area contributed by atoms with E-state index in [0.29, 0.717) is 12.1 Å². The molecule has 2 unspecified atom stereocenters. The van der Waals surface area contributed by atoms with Crippen LogP contribution in [0, 0.1) is 0 Å². The molecule has 0 aromatic rings. The van der Waals surface area contributed by atoms with Gasteiger partial charge in [0.2, 0.25) is 5.91 Å². The number of amides is 1. The average molecular weight is 225 g/mol. The van der Waals surface area contributed by atoms with Crippen molar-refractivity contribution < 1.29 is 4.79 Å². The first-order valence-corrected chi connectivity index (χ1v) is 6.43. The third kappa shape index (κ3) is 2.09. The normalized spacial score (nSPS) is 32.6. The Bertz CT molecular complexity index is 269. The van der Waals surface area contributed by atoms with E-state index in [9.17, 15) is 4.79 Å². The lowest BCUT2D eigenvalue weighted by Crippen LogP contribution is -2.59. The number of carbonyl (C=O) groups is 1. The molecule has 0 bridgehead atoms. The number of carbonyl (C=O) groups excluding carboxylic acids is 1. The van der Waals surface area contributed by atoms with Crippen molar-refractivity contribution in [2.24, 2.45) is 5.73 Å². The van der Waals surface area contributed by atoms with Crippen molar-refractivity contribution in [3.05, 3.63) is 0 Å². The molecular weight excluding hydrogens is 202 g/mol. The summed E-state index contributed by atoms with van der Waals surface area (Å²) in [6.07, 6.45) is 3.24. The SMILES string of the molecule is CC[C@@H](N)C(=O)N1CC2CCCN2CC1C. The minimum absolute atomic E-state index is 0.140. The predicted molar refractivity (Wildman–Crippen MR) is 64.0 cm³/mol. The van der Waals surface area contributed by atoms with Crippen LogP contribution in [-0.2, 0) is 4.79 Å². The highest BCUT2D eigenvalue weighted by Gasteiger charge is 2.37. The lowest BCUT2D eigenvalue weighted by Gasteiger charge is -2.43. The molecule has 4 nitrogen and oxygen atoms in total. The summed E-state index contributed by atoms with van der Waals surface area (Å²) < 4.78 is 0. The van der Waals surface area contributed by atoms with E-state index in [0.717, 1.165) is 19.5 Å². The summed E-state index contributed by atoms with van der Waals surface area (Å²) >= 11 is 0. The summed E-state index contributed by atoms with van der Waals surface area (Å²) in [6.45, 7) is 7.21. The van der Waals surface area contributed by atoms with Gasteiger partial charge in [-0.3, -0.25) is 9.69 Å². The molecule has 16 heavy (non-hydrogen) atoms. The quantitative estimate of drug-likeness (QED) is 0.741. The van der Waals surface area contributed by atoms with Crippen LogP contribution in [-0.4, -0.2) is 53.5 Å². The van der Waals surface area contributed by atoms with E-state index in [-0.39, 0.29) is 11.9 Å².